The van der Waals surface area contributed by atoms with Gasteiger partial charge in [-0.15, -0.1) is 0 Å². The van der Waals surface area contributed by atoms with Crippen LogP contribution >= 0.6 is 0 Å². The van der Waals surface area contributed by atoms with E-state index in [1.807, 2.05) is 9.13 Å². The van der Waals surface area contributed by atoms with Crippen LogP contribution in [0.25, 0.3) is 88.4 Å². The molecule has 2 heterocycles. The molecular formula is C54H26F12N4. The van der Waals surface area contributed by atoms with Crippen molar-refractivity contribution in [2.75, 3.05) is 0 Å². The molecule has 0 amide bonds. The van der Waals surface area contributed by atoms with E-state index in [-0.39, 0.29) is 45.5 Å². The van der Waals surface area contributed by atoms with Gasteiger partial charge in [0.15, 0.2) is 0 Å². The molecule has 0 saturated carbocycles. The quantitative estimate of drug-likeness (QED) is 0.161. The molecule has 70 heavy (non-hydrogen) atoms. The Morgan fingerprint density at radius 3 is 0.971 bits per heavy atom. The minimum absolute atomic E-state index is 0.0657. The molecule has 16 heteroatoms. The van der Waals surface area contributed by atoms with Gasteiger partial charge in [-0.25, -0.2) is 0 Å². The molecule has 0 bridgehead atoms. The number of aromatic nitrogens is 2. The first kappa shape index (κ1) is 45.3. The number of hydrogen-bond acceptors (Lipinski definition) is 2. The van der Waals surface area contributed by atoms with Crippen molar-refractivity contribution in [3.63, 3.8) is 0 Å². The highest BCUT2D eigenvalue weighted by Crippen LogP contribution is 2.44. The zero-order chi connectivity index (χ0) is 49.7. The summed E-state index contributed by atoms with van der Waals surface area (Å²) >= 11 is 0. The lowest BCUT2D eigenvalue weighted by Gasteiger charge is -2.16. The molecule has 0 aliphatic carbocycles. The molecule has 4 nitrogen and oxygen atoms in total. The number of nitriles is 2. The van der Waals surface area contributed by atoms with E-state index < -0.39 is 47.0 Å². The molecule has 0 atom stereocenters. The minimum atomic E-state index is -5.06. The van der Waals surface area contributed by atoms with Crippen molar-refractivity contribution in [2.45, 2.75) is 24.7 Å². The van der Waals surface area contributed by atoms with E-state index in [4.69, 9.17) is 0 Å². The average molecular weight is 959 g/mol. The van der Waals surface area contributed by atoms with Gasteiger partial charge in [0.05, 0.1) is 67.6 Å². The largest absolute Gasteiger partial charge is 0.416 e. The van der Waals surface area contributed by atoms with Crippen molar-refractivity contribution in [3.05, 3.63) is 191 Å². The predicted octanol–water partition coefficient (Wildman–Crippen LogP) is 16.7. The second-order valence-corrected chi connectivity index (χ2v) is 16.4. The lowest BCUT2D eigenvalue weighted by Crippen LogP contribution is -2.11. The van der Waals surface area contributed by atoms with Gasteiger partial charge in [-0.2, -0.15) is 63.2 Å². The first-order valence-electron chi connectivity index (χ1n) is 20.9. The van der Waals surface area contributed by atoms with Crippen LogP contribution in [0.5, 0.6) is 0 Å². The van der Waals surface area contributed by atoms with Crippen LogP contribution in [0, 0.1) is 22.7 Å². The van der Waals surface area contributed by atoms with Crippen LogP contribution in [-0.2, 0) is 24.7 Å². The van der Waals surface area contributed by atoms with Crippen molar-refractivity contribution < 1.29 is 52.7 Å². The third-order valence-corrected chi connectivity index (χ3v) is 12.2. The van der Waals surface area contributed by atoms with Gasteiger partial charge in [-0.1, -0.05) is 48.5 Å². The Morgan fingerprint density at radius 1 is 0.314 bits per heavy atom. The number of fused-ring (bicyclic) bond motifs is 6. The van der Waals surface area contributed by atoms with Crippen molar-refractivity contribution in [2.24, 2.45) is 0 Å². The van der Waals surface area contributed by atoms with Gasteiger partial charge in [0.1, 0.15) is 0 Å². The average Bonchev–Trinajstić information content (AvgIpc) is 3.84. The maximum Gasteiger partial charge on any atom is 0.416 e. The molecule has 0 spiro atoms. The van der Waals surface area contributed by atoms with E-state index in [0.29, 0.717) is 90.4 Å². The molecule has 0 aliphatic rings. The van der Waals surface area contributed by atoms with Crippen LogP contribution in [-0.4, -0.2) is 9.13 Å². The Balaban J connectivity index is 1.13. The van der Waals surface area contributed by atoms with Crippen LogP contribution < -0.4 is 0 Å². The van der Waals surface area contributed by atoms with Crippen LogP contribution in [0.3, 0.4) is 0 Å². The van der Waals surface area contributed by atoms with Gasteiger partial charge >= 0.3 is 24.7 Å². The van der Waals surface area contributed by atoms with Crippen LogP contribution in [0.1, 0.15) is 33.4 Å². The Bertz CT molecular complexity index is 3550. The number of rotatable bonds is 5. The van der Waals surface area contributed by atoms with Crippen molar-refractivity contribution in [1.29, 1.82) is 10.5 Å². The number of hydrogen-bond donors (Lipinski definition) is 0. The summed E-state index contributed by atoms with van der Waals surface area (Å²) in [7, 11) is 0. The summed E-state index contributed by atoms with van der Waals surface area (Å²) in [5.41, 5.74) is -2.10. The van der Waals surface area contributed by atoms with Crippen LogP contribution in [0.4, 0.5) is 52.7 Å². The highest BCUT2D eigenvalue weighted by molar-refractivity contribution is 6.12. The second-order valence-electron chi connectivity index (χ2n) is 16.4. The number of benzene rings is 8. The van der Waals surface area contributed by atoms with Gasteiger partial charge in [-0.05, 0) is 131 Å². The zero-order valence-electron chi connectivity index (χ0n) is 35.3. The third kappa shape index (κ3) is 7.81. The summed E-state index contributed by atoms with van der Waals surface area (Å²) in [6, 6.07) is 40.0. The smallest absolute Gasteiger partial charge is 0.309 e. The number of nitrogens with zero attached hydrogens (tertiary/aromatic N) is 4. The third-order valence-electron chi connectivity index (χ3n) is 12.2. The number of halogens is 12. The van der Waals surface area contributed by atoms with E-state index in [2.05, 4.69) is 12.1 Å². The molecule has 0 aliphatic heterocycles. The number of alkyl halides is 12. The van der Waals surface area contributed by atoms with Gasteiger partial charge in [0.25, 0.3) is 0 Å². The SMILES string of the molecule is N#Cc1ccc(-n2c3ccccc3c3cc(-c4cc(C(F)(F)F)cc(C(F)(F)F)c4)ccc32)cc1-c1cc(-n2c3ccccc3c3cc(-c4cc(C(F)(F)F)cc(C(F)(F)F)c4)ccc32)ccc1C#N. The zero-order valence-corrected chi connectivity index (χ0v) is 35.3. The van der Waals surface area contributed by atoms with Crippen LogP contribution in [0.2, 0.25) is 0 Å². The van der Waals surface area contributed by atoms with Crippen molar-refractivity contribution in [3.8, 4) is 56.9 Å². The van der Waals surface area contributed by atoms with Gasteiger partial charge in [0, 0.05) is 44.0 Å². The summed E-state index contributed by atoms with van der Waals surface area (Å²) in [6.45, 7) is 0. The maximum atomic E-state index is 13.9. The van der Waals surface area contributed by atoms with Crippen LogP contribution in [0.15, 0.2) is 158 Å². The fraction of sp³-hybridized carbons (Fsp3) is 0.0741. The van der Waals surface area contributed by atoms with E-state index in [9.17, 15) is 63.2 Å². The van der Waals surface area contributed by atoms with E-state index in [1.165, 1.54) is 24.3 Å². The highest BCUT2D eigenvalue weighted by atomic mass is 19.4. The standard InChI is InChI=1S/C54H26F12N4/c55-51(56,57)35-17-33(18-36(23-35)52(58,59)60)29-11-15-49-45(21-29)41-5-1-3-7-47(41)69(49)39-13-9-31(27-67)43(25-39)44-26-40(14-10-32(44)28-68)70-48-8-4-2-6-42(48)46-22-30(12-16-50(46)70)34-19-37(53(61,62)63)24-38(20-34)54(64,65)66/h1-26H. The summed E-state index contributed by atoms with van der Waals surface area (Å²) in [4.78, 5) is 0. The Labute approximate surface area is 387 Å². The first-order valence-corrected chi connectivity index (χ1v) is 20.9. The Morgan fingerprint density at radius 2 is 0.643 bits per heavy atom. The fourth-order valence-corrected chi connectivity index (χ4v) is 9.09. The molecular weight excluding hydrogens is 933 g/mol. The molecule has 0 radical (unpaired) electrons. The molecule has 10 aromatic rings. The Kier molecular flexibility index (Phi) is 10.4. The fourth-order valence-electron chi connectivity index (χ4n) is 9.09. The summed E-state index contributed by atoms with van der Waals surface area (Å²) in [5, 5.41) is 23.1. The van der Waals surface area contributed by atoms with Crippen molar-refractivity contribution >= 4 is 43.6 Å². The highest BCUT2D eigenvalue weighted by Gasteiger charge is 2.38. The van der Waals surface area contributed by atoms with E-state index in [0.717, 1.165) is 0 Å². The topological polar surface area (TPSA) is 57.4 Å². The first-order chi connectivity index (χ1) is 33.1. The summed E-state index contributed by atoms with van der Waals surface area (Å²) in [5.74, 6) is 0. The maximum absolute atomic E-state index is 13.9. The Hall–Kier alpha value is -8.50. The lowest BCUT2D eigenvalue weighted by atomic mass is 9.95. The van der Waals surface area contributed by atoms with E-state index in [1.54, 1.807) is 97.1 Å². The molecule has 8 aromatic carbocycles. The molecule has 0 unspecified atom stereocenters. The lowest BCUT2D eigenvalue weighted by molar-refractivity contribution is -0.144. The normalized spacial score (nSPS) is 12.5. The molecule has 0 N–H and O–H groups in total. The van der Waals surface area contributed by atoms with Crippen molar-refractivity contribution in [1.82, 2.24) is 9.13 Å². The van der Waals surface area contributed by atoms with E-state index >= 15 is 0 Å². The molecule has 2 aromatic heterocycles. The second kappa shape index (κ2) is 16.1. The predicted molar refractivity (Wildman–Crippen MR) is 241 cm³/mol. The monoisotopic (exact) mass is 958 g/mol. The molecule has 10 rings (SSSR count). The summed E-state index contributed by atoms with van der Waals surface area (Å²) in [6.07, 6.45) is -20.2. The van der Waals surface area contributed by atoms with Gasteiger partial charge in [-0.3, -0.25) is 0 Å². The molecule has 0 fully saturated rings. The van der Waals surface area contributed by atoms with Gasteiger partial charge < -0.3 is 9.13 Å². The summed E-state index contributed by atoms with van der Waals surface area (Å²) < 4.78 is 170. The molecule has 0 saturated heterocycles. The molecule has 346 valence electrons. The van der Waals surface area contributed by atoms with Gasteiger partial charge in [0.2, 0.25) is 0 Å². The number of para-hydroxylation sites is 2. The minimum Gasteiger partial charge on any atom is -0.309 e.